The first kappa shape index (κ1) is 15.8. The first-order valence-electron chi connectivity index (χ1n) is 6.48. The molecule has 1 rings (SSSR count). The molecule has 0 bridgehead atoms. The lowest BCUT2D eigenvalue weighted by Crippen LogP contribution is -2.37. The molecule has 1 aromatic rings. The molecule has 1 atom stereocenters. The summed E-state index contributed by atoms with van der Waals surface area (Å²) in [6.07, 6.45) is -0.0104. The summed E-state index contributed by atoms with van der Waals surface area (Å²) in [6.45, 7) is 3.75. The number of amides is 1. The lowest BCUT2D eigenvalue weighted by Gasteiger charge is -2.13. The van der Waals surface area contributed by atoms with E-state index in [9.17, 15) is 9.59 Å². The van der Waals surface area contributed by atoms with Crippen LogP contribution in [0.1, 0.15) is 20.3 Å². The molecule has 6 nitrogen and oxygen atoms in total. The van der Waals surface area contributed by atoms with Crippen molar-refractivity contribution < 1.29 is 19.1 Å². The van der Waals surface area contributed by atoms with Gasteiger partial charge in [0.2, 0.25) is 0 Å². The van der Waals surface area contributed by atoms with Crippen molar-refractivity contribution in [1.82, 2.24) is 5.32 Å². The van der Waals surface area contributed by atoms with Crippen molar-refractivity contribution >= 4 is 17.6 Å². The highest BCUT2D eigenvalue weighted by Gasteiger charge is 2.17. The molecule has 3 N–H and O–H groups in total. The summed E-state index contributed by atoms with van der Waals surface area (Å²) < 4.78 is 10.2. The summed E-state index contributed by atoms with van der Waals surface area (Å²) in [6, 6.07) is 6.72. The SMILES string of the molecule is CCCNC(=O)C(C)OC(=O)COc1cccc(N)c1. The molecule has 110 valence electrons. The van der Waals surface area contributed by atoms with E-state index >= 15 is 0 Å². The molecule has 0 radical (unpaired) electrons. The van der Waals surface area contributed by atoms with Crippen LogP contribution < -0.4 is 15.8 Å². The van der Waals surface area contributed by atoms with Gasteiger partial charge in [0, 0.05) is 18.3 Å². The molecular formula is C14H20N2O4. The Morgan fingerprint density at radius 1 is 1.40 bits per heavy atom. The second kappa shape index (κ2) is 8.04. The summed E-state index contributed by atoms with van der Waals surface area (Å²) in [7, 11) is 0. The van der Waals surface area contributed by atoms with Crippen LogP contribution in [0.4, 0.5) is 5.69 Å². The Bertz CT molecular complexity index is 462. The molecule has 0 saturated carbocycles. The quantitative estimate of drug-likeness (QED) is 0.576. The molecule has 0 heterocycles. The van der Waals surface area contributed by atoms with Crippen molar-refractivity contribution in [3.8, 4) is 5.75 Å². The summed E-state index contributed by atoms with van der Waals surface area (Å²) in [5.74, 6) is -0.444. The van der Waals surface area contributed by atoms with Gasteiger partial charge >= 0.3 is 5.97 Å². The van der Waals surface area contributed by atoms with Gasteiger partial charge in [-0.25, -0.2) is 4.79 Å². The molecule has 0 saturated heterocycles. The van der Waals surface area contributed by atoms with Crippen molar-refractivity contribution in [2.75, 3.05) is 18.9 Å². The largest absolute Gasteiger partial charge is 0.482 e. The third-order valence-electron chi connectivity index (χ3n) is 2.44. The fourth-order valence-corrected chi connectivity index (χ4v) is 1.42. The van der Waals surface area contributed by atoms with E-state index in [1.165, 1.54) is 6.92 Å². The Kier molecular flexibility index (Phi) is 6.36. The van der Waals surface area contributed by atoms with Crippen LogP contribution >= 0.6 is 0 Å². The third kappa shape index (κ3) is 5.60. The van der Waals surface area contributed by atoms with Gasteiger partial charge in [0.05, 0.1) is 0 Å². The zero-order valence-electron chi connectivity index (χ0n) is 11.7. The maximum atomic E-state index is 11.5. The number of benzene rings is 1. The number of anilines is 1. The Morgan fingerprint density at radius 2 is 2.15 bits per heavy atom. The average molecular weight is 280 g/mol. The fraction of sp³-hybridized carbons (Fsp3) is 0.429. The number of rotatable bonds is 7. The number of carbonyl (C=O) groups is 2. The van der Waals surface area contributed by atoms with Gasteiger partial charge in [0.1, 0.15) is 5.75 Å². The normalized spacial score (nSPS) is 11.5. The number of hydrogen-bond donors (Lipinski definition) is 2. The topological polar surface area (TPSA) is 90.6 Å². The number of carbonyl (C=O) groups excluding carboxylic acids is 2. The molecule has 0 aliphatic carbocycles. The summed E-state index contributed by atoms with van der Waals surface area (Å²) in [4.78, 5) is 23.0. The molecule has 0 aliphatic rings. The third-order valence-corrected chi connectivity index (χ3v) is 2.44. The van der Waals surface area contributed by atoms with Crippen LogP contribution in [-0.2, 0) is 14.3 Å². The molecule has 6 heteroatoms. The molecule has 0 spiro atoms. The number of hydrogen-bond acceptors (Lipinski definition) is 5. The van der Waals surface area contributed by atoms with Crippen LogP contribution in [0.2, 0.25) is 0 Å². The molecule has 0 fully saturated rings. The van der Waals surface area contributed by atoms with Crippen LogP contribution in [0.25, 0.3) is 0 Å². The Labute approximate surface area is 118 Å². The van der Waals surface area contributed by atoms with Gasteiger partial charge in [0.25, 0.3) is 5.91 Å². The van der Waals surface area contributed by atoms with Gasteiger partial charge in [-0.05, 0) is 25.5 Å². The van der Waals surface area contributed by atoms with Gasteiger partial charge in [-0.3, -0.25) is 4.79 Å². The van der Waals surface area contributed by atoms with E-state index < -0.39 is 12.1 Å². The number of nitrogens with one attached hydrogen (secondary N) is 1. The van der Waals surface area contributed by atoms with Gasteiger partial charge in [-0.15, -0.1) is 0 Å². The number of nitrogens with two attached hydrogens (primary N) is 1. The van der Waals surface area contributed by atoms with Gasteiger partial charge in [-0.2, -0.15) is 0 Å². The second-order valence-corrected chi connectivity index (χ2v) is 4.28. The Hall–Kier alpha value is -2.24. The second-order valence-electron chi connectivity index (χ2n) is 4.28. The predicted molar refractivity (Wildman–Crippen MR) is 75.2 cm³/mol. The van der Waals surface area contributed by atoms with Crippen molar-refractivity contribution in [2.45, 2.75) is 26.4 Å². The number of nitrogen functional groups attached to an aromatic ring is 1. The molecular weight excluding hydrogens is 260 g/mol. The van der Waals surface area contributed by atoms with E-state index in [-0.39, 0.29) is 12.5 Å². The first-order valence-corrected chi connectivity index (χ1v) is 6.48. The van der Waals surface area contributed by atoms with E-state index in [1.54, 1.807) is 24.3 Å². The van der Waals surface area contributed by atoms with E-state index in [0.29, 0.717) is 18.0 Å². The van der Waals surface area contributed by atoms with E-state index in [4.69, 9.17) is 15.2 Å². The van der Waals surface area contributed by atoms with Gasteiger partial charge in [0.15, 0.2) is 12.7 Å². The Balaban J connectivity index is 2.34. The van der Waals surface area contributed by atoms with Crippen LogP contribution in [0.5, 0.6) is 5.75 Å². The zero-order chi connectivity index (χ0) is 15.0. The minimum absolute atomic E-state index is 0.269. The van der Waals surface area contributed by atoms with Crippen LogP contribution in [0.3, 0.4) is 0 Å². The standard InChI is InChI=1S/C14H20N2O4/c1-3-7-16-14(18)10(2)20-13(17)9-19-12-6-4-5-11(15)8-12/h4-6,8,10H,3,7,9,15H2,1-2H3,(H,16,18). The maximum absolute atomic E-state index is 11.5. The highest BCUT2D eigenvalue weighted by Crippen LogP contribution is 2.14. The monoisotopic (exact) mass is 280 g/mol. The van der Waals surface area contributed by atoms with Crippen molar-refractivity contribution in [2.24, 2.45) is 0 Å². The summed E-state index contributed by atoms with van der Waals surface area (Å²) >= 11 is 0. The van der Waals surface area contributed by atoms with Gasteiger partial charge in [-0.1, -0.05) is 13.0 Å². The van der Waals surface area contributed by atoms with Crippen molar-refractivity contribution in [3.63, 3.8) is 0 Å². The summed E-state index contributed by atoms with van der Waals surface area (Å²) in [5.41, 5.74) is 6.13. The minimum atomic E-state index is -0.835. The zero-order valence-corrected chi connectivity index (χ0v) is 11.7. The molecule has 0 aliphatic heterocycles. The lowest BCUT2D eigenvalue weighted by molar-refractivity contribution is -0.156. The highest BCUT2D eigenvalue weighted by atomic mass is 16.6. The van der Waals surface area contributed by atoms with E-state index in [1.807, 2.05) is 6.92 Å². The molecule has 1 aromatic carbocycles. The summed E-state index contributed by atoms with van der Waals surface area (Å²) in [5, 5.41) is 2.65. The predicted octanol–water partition coefficient (Wildman–Crippen LogP) is 1.11. The van der Waals surface area contributed by atoms with E-state index in [2.05, 4.69) is 5.32 Å². The van der Waals surface area contributed by atoms with E-state index in [0.717, 1.165) is 6.42 Å². The smallest absolute Gasteiger partial charge is 0.344 e. The number of ether oxygens (including phenoxy) is 2. The van der Waals surface area contributed by atoms with Gasteiger partial charge < -0.3 is 20.5 Å². The minimum Gasteiger partial charge on any atom is -0.482 e. The lowest BCUT2D eigenvalue weighted by atomic mass is 10.3. The maximum Gasteiger partial charge on any atom is 0.344 e. The molecule has 0 aromatic heterocycles. The molecule has 20 heavy (non-hydrogen) atoms. The van der Waals surface area contributed by atoms with Crippen LogP contribution in [0, 0.1) is 0 Å². The van der Waals surface area contributed by atoms with Crippen LogP contribution in [-0.4, -0.2) is 31.1 Å². The average Bonchev–Trinajstić information content (AvgIpc) is 2.42. The van der Waals surface area contributed by atoms with Crippen molar-refractivity contribution in [3.05, 3.63) is 24.3 Å². The first-order chi connectivity index (χ1) is 9.52. The highest BCUT2D eigenvalue weighted by molar-refractivity contribution is 5.83. The Morgan fingerprint density at radius 3 is 2.80 bits per heavy atom. The molecule has 1 amide bonds. The fourth-order valence-electron chi connectivity index (χ4n) is 1.42. The molecule has 1 unspecified atom stereocenters. The van der Waals surface area contributed by atoms with Crippen molar-refractivity contribution in [1.29, 1.82) is 0 Å². The van der Waals surface area contributed by atoms with Crippen LogP contribution in [0.15, 0.2) is 24.3 Å². The number of esters is 1.